The van der Waals surface area contributed by atoms with Gasteiger partial charge < -0.3 is 12.9 Å². The largest absolute Gasteiger partial charge is 0.481 e. The van der Waals surface area contributed by atoms with Gasteiger partial charge in [-0.15, -0.1) is 0 Å². The zero-order valence-corrected chi connectivity index (χ0v) is 6.69. The van der Waals surface area contributed by atoms with Crippen LogP contribution in [0.2, 0.25) is 5.82 Å². The van der Waals surface area contributed by atoms with Crippen molar-refractivity contribution in [2.24, 2.45) is 5.92 Å². The topological polar surface area (TPSA) is 0 Å². The van der Waals surface area contributed by atoms with Crippen LogP contribution in [0.3, 0.4) is 0 Å². The first-order valence-electron chi connectivity index (χ1n) is 4.22. The molecule has 2 unspecified atom stereocenters. The zero-order chi connectivity index (χ0) is 8.48. The maximum absolute atomic E-state index is 12.3. The van der Waals surface area contributed by atoms with Gasteiger partial charge in [-0.2, -0.15) is 0 Å². The Kier molecular flexibility index (Phi) is 2.50. The maximum Gasteiger partial charge on any atom is 0.481 e. The van der Waals surface area contributed by atoms with Gasteiger partial charge >= 0.3 is 6.98 Å². The summed E-state index contributed by atoms with van der Waals surface area (Å²) in [6, 6.07) is 0. The van der Waals surface area contributed by atoms with Crippen LogP contribution in [0, 0.1) is 5.92 Å². The number of hydrogen-bond acceptors (Lipinski definition) is 0. The van der Waals surface area contributed by atoms with Crippen molar-refractivity contribution in [3.8, 4) is 0 Å². The molecule has 0 aliphatic heterocycles. The van der Waals surface area contributed by atoms with Crippen molar-refractivity contribution in [1.82, 2.24) is 0 Å². The quantitative estimate of drug-likeness (QED) is 0.522. The van der Waals surface area contributed by atoms with Gasteiger partial charge in [0.1, 0.15) is 0 Å². The average molecular weight is 165 g/mol. The predicted octanol–water partition coefficient (Wildman–Crippen LogP) is 3.41. The van der Waals surface area contributed by atoms with Crippen molar-refractivity contribution < 1.29 is 12.9 Å². The van der Waals surface area contributed by atoms with Crippen LogP contribution in [0.25, 0.3) is 0 Å². The van der Waals surface area contributed by atoms with Crippen molar-refractivity contribution in [2.45, 2.75) is 38.4 Å². The maximum atomic E-state index is 12.3. The molecule has 4 heteroatoms. The van der Waals surface area contributed by atoms with E-state index >= 15 is 0 Å². The van der Waals surface area contributed by atoms with E-state index in [2.05, 4.69) is 0 Å². The summed E-state index contributed by atoms with van der Waals surface area (Å²) in [6.45, 7) is -2.85. The van der Waals surface area contributed by atoms with Crippen LogP contribution in [0.5, 0.6) is 0 Å². The van der Waals surface area contributed by atoms with E-state index in [1.807, 2.05) is 0 Å². The highest BCUT2D eigenvalue weighted by Crippen LogP contribution is 2.42. The third kappa shape index (κ3) is 2.14. The summed E-state index contributed by atoms with van der Waals surface area (Å²) in [6.07, 6.45) is 2.86. The fourth-order valence-corrected chi connectivity index (χ4v) is 1.91. The van der Waals surface area contributed by atoms with E-state index < -0.39 is 12.8 Å². The Morgan fingerprint density at radius 1 is 1.09 bits per heavy atom. The molecule has 1 aliphatic carbocycles. The van der Waals surface area contributed by atoms with Gasteiger partial charge in [0.15, 0.2) is 0 Å². The molecule has 0 aromatic rings. The molecule has 1 fully saturated rings. The van der Waals surface area contributed by atoms with E-state index in [0.29, 0.717) is 6.42 Å². The smallest absolute Gasteiger partial charge is 0.449 e. The van der Waals surface area contributed by atoms with Crippen molar-refractivity contribution in [3.63, 3.8) is 0 Å². The number of halogens is 3. The molecular weight excluding hydrogens is 152 g/mol. The molecule has 0 saturated heterocycles. The highest BCUT2D eigenvalue weighted by Gasteiger charge is 2.38. The van der Waals surface area contributed by atoms with Gasteiger partial charge in [0.25, 0.3) is 0 Å². The summed E-state index contributed by atoms with van der Waals surface area (Å²) in [7, 11) is 0. The molecule has 0 radical (unpaired) electrons. The van der Waals surface area contributed by atoms with Crippen LogP contribution in [0.15, 0.2) is 0 Å². The average Bonchev–Trinajstić information content (AvgIpc) is 1.86. The number of hydrogen-bond donors (Lipinski definition) is 0. The Hall–Kier alpha value is -0.145. The second kappa shape index (κ2) is 3.07. The van der Waals surface area contributed by atoms with Gasteiger partial charge in [-0.05, 0) is 0 Å². The Balaban J connectivity index is 2.55. The Bertz CT molecular complexity index is 132. The summed E-state index contributed by atoms with van der Waals surface area (Å²) in [4.78, 5) is 0. The van der Waals surface area contributed by atoms with Crippen LogP contribution in [0.4, 0.5) is 12.9 Å². The highest BCUT2D eigenvalue weighted by molar-refractivity contribution is 6.60. The minimum absolute atomic E-state index is 0.135. The normalized spacial score (nSPS) is 33.8. The molecule has 1 aliphatic rings. The lowest BCUT2D eigenvalue weighted by molar-refractivity contribution is 0.308. The van der Waals surface area contributed by atoms with Gasteiger partial charge in [0.2, 0.25) is 0 Å². The first-order chi connectivity index (χ1) is 5.02. The third-order valence-electron chi connectivity index (χ3n) is 2.66. The molecule has 0 aromatic heterocycles. The van der Waals surface area contributed by atoms with Gasteiger partial charge in [0, 0.05) is 0 Å². The lowest BCUT2D eigenvalue weighted by Gasteiger charge is -2.35. The van der Waals surface area contributed by atoms with E-state index in [4.69, 9.17) is 0 Å². The second-order valence-electron chi connectivity index (χ2n) is 3.55. The number of rotatable bonds is 1. The highest BCUT2D eigenvalue weighted by atomic mass is 19.4. The molecule has 0 nitrogen and oxygen atoms in total. The van der Waals surface area contributed by atoms with Gasteiger partial charge in [-0.1, -0.05) is 44.3 Å². The first kappa shape index (κ1) is 8.95. The minimum atomic E-state index is -4.57. The van der Waals surface area contributed by atoms with E-state index in [1.165, 1.54) is 0 Å². The van der Waals surface area contributed by atoms with Crippen molar-refractivity contribution >= 4 is 6.98 Å². The van der Waals surface area contributed by atoms with Gasteiger partial charge in [0.05, 0.1) is 0 Å². The van der Waals surface area contributed by atoms with E-state index in [-0.39, 0.29) is 5.92 Å². The van der Waals surface area contributed by atoms with Crippen LogP contribution < -0.4 is 0 Å². The van der Waals surface area contributed by atoms with Crippen molar-refractivity contribution in [3.05, 3.63) is 0 Å². The SMILES string of the molecule is CC1CCCCC1[B-](F)(F)F. The predicted molar refractivity (Wildman–Crippen MR) is 40.5 cm³/mol. The summed E-state index contributed by atoms with van der Waals surface area (Å²) in [5, 5.41) is 0. The van der Waals surface area contributed by atoms with E-state index in [1.54, 1.807) is 6.92 Å². The van der Waals surface area contributed by atoms with Crippen LogP contribution in [0.1, 0.15) is 32.6 Å². The van der Waals surface area contributed by atoms with Crippen LogP contribution in [-0.4, -0.2) is 6.98 Å². The molecule has 11 heavy (non-hydrogen) atoms. The molecule has 0 N–H and O–H groups in total. The Morgan fingerprint density at radius 2 is 1.64 bits per heavy atom. The zero-order valence-electron chi connectivity index (χ0n) is 6.69. The monoisotopic (exact) mass is 165 g/mol. The van der Waals surface area contributed by atoms with Crippen LogP contribution in [-0.2, 0) is 0 Å². The summed E-state index contributed by atoms with van der Waals surface area (Å²) < 4.78 is 36.8. The first-order valence-corrected chi connectivity index (χ1v) is 4.22. The second-order valence-corrected chi connectivity index (χ2v) is 3.55. The van der Waals surface area contributed by atoms with Gasteiger partial charge in [-0.25, -0.2) is 0 Å². The Labute approximate surface area is 65.2 Å². The fraction of sp³-hybridized carbons (Fsp3) is 1.00. The van der Waals surface area contributed by atoms with E-state index in [0.717, 1.165) is 19.3 Å². The molecule has 1 saturated carbocycles. The Morgan fingerprint density at radius 3 is 2.00 bits per heavy atom. The lowest BCUT2D eigenvalue weighted by Crippen LogP contribution is -2.31. The molecule has 0 spiro atoms. The third-order valence-corrected chi connectivity index (χ3v) is 2.66. The standard InChI is InChI=1S/C7H13BF3/c1-6-4-2-3-5-7(6)8(9,10)11/h6-7H,2-5H2,1H3/q-1. The van der Waals surface area contributed by atoms with Gasteiger partial charge in [-0.3, -0.25) is 0 Å². The summed E-state index contributed by atoms with van der Waals surface area (Å²) in [5.74, 6) is -1.10. The minimum Gasteiger partial charge on any atom is -0.449 e. The molecule has 0 bridgehead atoms. The molecular formula is C7H13BF3-. The molecule has 0 aromatic carbocycles. The fourth-order valence-electron chi connectivity index (χ4n) is 1.91. The molecule has 1 rings (SSSR count). The van der Waals surface area contributed by atoms with Crippen LogP contribution >= 0.6 is 0 Å². The summed E-state index contributed by atoms with van der Waals surface area (Å²) in [5.41, 5.74) is 0. The van der Waals surface area contributed by atoms with E-state index in [9.17, 15) is 12.9 Å². The molecule has 0 heterocycles. The molecule has 0 amide bonds. The van der Waals surface area contributed by atoms with Crippen molar-refractivity contribution in [1.29, 1.82) is 0 Å². The lowest BCUT2D eigenvalue weighted by atomic mass is 9.60. The molecule has 66 valence electrons. The van der Waals surface area contributed by atoms with Crippen molar-refractivity contribution in [2.75, 3.05) is 0 Å². The summed E-state index contributed by atoms with van der Waals surface area (Å²) >= 11 is 0. The molecule has 2 atom stereocenters.